The van der Waals surface area contributed by atoms with Crippen molar-refractivity contribution in [3.63, 3.8) is 0 Å². The fraction of sp³-hybridized carbons (Fsp3) is 0.923. The third kappa shape index (κ3) is 8.83. The van der Waals surface area contributed by atoms with Gasteiger partial charge in [0.2, 0.25) is 0 Å². The first kappa shape index (κ1) is 19.1. The fourth-order valence-corrected chi connectivity index (χ4v) is 4.06. The Kier molecular flexibility index (Phi) is 9.23. The first-order chi connectivity index (χ1) is 8.69. The van der Waals surface area contributed by atoms with Crippen LogP contribution in [-0.4, -0.2) is 28.1 Å². The Labute approximate surface area is 124 Å². The molecule has 0 aromatic carbocycles. The molecule has 112 valence electrons. The molecule has 0 saturated carbocycles. The number of hydrogen-bond acceptors (Lipinski definition) is 5. The maximum absolute atomic E-state index is 8.55. The molecule has 0 aliphatic rings. The highest BCUT2D eigenvalue weighted by Gasteiger charge is 2.31. The molecule has 0 bridgehead atoms. The second-order valence-corrected chi connectivity index (χ2v) is 8.17. The van der Waals surface area contributed by atoms with Crippen LogP contribution in [0.25, 0.3) is 0 Å². The number of nitriles is 1. The van der Waals surface area contributed by atoms with E-state index in [0.29, 0.717) is 24.3 Å². The Morgan fingerprint density at radius 2 is 1.74 bits per heavy atom. The van der Waals surface area contributed by atoms with Gasteiger partial charge in [-0.25, -0.2) is 4.67 Å². The highest BCUT2D eigenvalue weighted by Crippen LogP contribution is 2.51. The van der Waals surface area contributed by atoms with Crippen LogP contribution in [0.3, 0.4) is 0 Å². The summed E-state index contributed by atoms with van der Waals surface area (Å²) in [7, 11) is -1.12. The zero-order valence-electron chi connectivity index (χ0n) is 13.1. The molecule has 6 heteroatoms. The second-order valence-electron chi connectivity index (χ2n) is 5.81. The summed E-state index contributed by atoms with van der Waals surface area (Å²) in [6.45, 7) is 14.7. The minimum atomic E-state index is -1.12. The Bertz CT molecular complexity index is 279. The van der Waals surface area contributed by atoms with Gasteiger partial charge in [-0.05, 0) is 48.5 Å². The van der Waals surface area contributed by atoms with E-state index in [4.69, 9.17) is 13.8 Å². The van der Waals surface area contributed by atoms with Crippen LogP contribution in [0.5, 0.6) is 0 Å². The van der Waals surface area contributed by atoms with Crippen molar-refractivity contribution in [2.45, 2.75) is 72.6 Å². The number of hydrogen-bond donors (Lipinski definition) is 0. The minimum absolute atomic E-state index is 0.247. The monoisotopic (exact) mass is 306 g/mol. The molecule has 0 rings (SSSR count). The van der Waals surface area contributed by atoms with Gasteiger partial charge in [0, 0.05) is 36.3 Å². The summed E-state index contributed by atoms with van der Waals surface area (Å²) in [6.07, 6.45) is 0.493. The number of nitrogens with zero attached hydrogens (tertiary/aromatic N) is 2. The fourth-order valence-electron chi connectivity index (χ4n) is 1.48. The van der Waals surface area contributed by atoms with Crippen LogP contribution in [0.4, 0.5) is 0 Å². The lowest BCUT2D eigenvalue weighted by molar-refractivity contribution is 0.108. The smallest absolute Gasteiger partial charge is 0.271 e. The maximum Gasteiger partial charge on any atom is 0.271 e. The van der Waals surface area contributed by atoms with E-state index in [1.165, 1.54) is 12.0 Å². The van der Waals surface area contributed by atoms with Crippen LogP contribution >= 0.6 is 20.6 Å². The molecule has 0 N–H and O–H groups in total. The van der Waals surface area contributed by atoms with E-state index in [2.05, 4.69) is 38.4 Å². The minimum Gasteiger partial charge on any atom is -0.316 e. The summed E-state index contributed by atoms with van der Waals surface area (Å²) >= 11 is 1.33. The topological polar surface area (TPSA) is 45.5 Å². The van der Waals surface area contributed by atoms with Gasteiger partial charge in [0.15, 0.2) is 0 Å². The van der Waals surface area contributed by atoms with Gasteiger partial charge in [0.1, 0.15) is 0 Å². The van der Waals surface area contributed by atoms with Crippen LogP contribution in [-0.2, 0) is 8.49 Å². The van der Waals surface area contributed by atoms with Crippen LogP contribution in [0.2, 0.25) is 0 Å². The second kappa shape index (κ2) is 9.15. The van der Waals surface area contributed by atoms with E-state index in [-0.39, 0.29) is 5.60 Å². The molecule has 0 aromatic heterocycles. The molecule has 0 aliphatic carbocycles. The van der Waals surface area contributed by atoms with Gasteiger partial charge in [-0.15, -0.1) is 0 Å². The van der Waals surface area contributed by atoms with Crippen molar-refractivity contribution in [2.24, 2.45) is 0 Å². The van der Waals surface area contributed by atoms with Gasteiger partial charge in [0.25, 0.3) is 8.53 Å². The summed E-state index contributed by atoms with van der Waals surface area (Å²) in [5, 5.41) is 8.55. The van der Waals surface area contributed by atoms with Crippen molar-refractivity contribution in [1.29, 1.82) is 5.26 Å². The zero-order chi connectivity index (χ0) is 15.1. The third-order valence-electron chi connectivity index (χ3n) is 2.01. The zero-order valence-corrected chi connectivity index (χ0v) is 14.8. The number of rotatable bonds is 8. The third-order valence-corrected chi connectivity index (χ3v) is 5.32. The van der Waals surface area contributed by atoms with Crippen LogP contribution in [0.15, 0.2) is 0 Å². The molecule has 4 nitrogen and oxygen atoms in total. The average molecular weight is 306 g/mol. The average Bonchev–Trinajstić information content (AvgIpc) is 2.20. The van der Waals surface area contributed by atoms with Crippen LogP contribution < -0.4 is 0 Å². The lowest BCUT2D eigenvalue weighted by Crippen LogP contribution is -2.35. The summed E-state index contributed by atoms with van der Waals surface area (Å²) in [5.74, 6) is 0.673. The van der Waals surface area contributed by atoms with Gasteiger partial charge in [-0.3, -0.25) is 3.97 Å². The highest BCUT2D eigenvalue weighted by molar-refractivity contribution is 7.97. The molecule has 0 amide bonds. The standard InChI is InChI=1S/C13H27N2O2PS/c1-11(2)15(12(3)4)18(16-13(5,6)7)17-19-10-8-9-14/h11-12H,8,10H2,1-7H3. The van der Waals surface area contributed by atoms with Gasteiger partial charge in [-0.2, -0.15) is 5.26 Å². The van der Waals surface area contributed by atoms with Gasteiger partial charge in [0.05, 0.1) is 11.7 Å². The normalized spacial score (nSPS) is 14.2. The van der Waals surface area contributed by atoms with E-state index < -0.39 is 8.53 Å². The van der Waals surface area contributed by atoms with Crippen molar-refractivity contribution < 1.29 is 8.49 Å². The lowest BCUT2D eigenvalue weighted by Gasteiger charge is -2.38. The quantitative estimate of drug-likeness (QED) is 0.369. The summed E-state index contributed by atoms with van der Waals surface area (Å²) in [6, 6.07) is 2.82. The van der Waals surface area contributed by atoms with Crippen molar-refractivity contribution >= 4 is 20.6 Å². The SMILES string of the molecule is CC(C)N(C(C)C)P(OSCCC#N)OC(C)(C)C. The van der Waals surface area contributed by atoms with E-state index in [1.807, 2.05) is 20.8 Å². The highest BCUT2D eigenvalue weighted by atomic mass is 32.2. The Hall–Kier alpha value is 0.150. The van der Waals surface area contributed by atoms with Crippen molar-refractivity contribution in [1.82, 2.24) is 4.67 Å². The summed E-state index contributed by atoms with van der Waals surface area (Å²) in [4.78, 5) is 0. The van der Waals surface area contributed by atoms with E-state index in [9.17, 15) is 0 Å². The molecule has 1 atom stereocenters. The van der Waals surface area contributed by atoms with Gasteiger partial charge < -0.3 is 4.52 Å². The molecule has 0 aromatic rings. The Morgan fingerprint density at radius 3 is 2.11 bits per heavy atom. The van der Waals surface area contributed by atoms with Crippen molar-refractivity contribution in [3.05, 3.63) is 0 Å². The van der Waals surface area contributed by atoms with Crippen molar-refractivity contribution in [3.8, 4) is 6.07 Å². The van der Waals surface area contributed by atoms with E-state index in [0.717, 1.165) is 0 Å². The molecular formula is C13H27N2O2PS. The molecule has 0 spiro atoms. The van der Waals surface area contributed by atoms with Crippen LogP contribution in [0, 0.1) is 11.3 Å². The Morgan fingerprint density at radius 1 is 1.21 bits per heavy atom. The predicted octanol–water partition coefficient (Wildman–Crippen LogP) is 4.73. The van der Waals surface area contributed by atoms with Gasteiger partial charge >= 0.3 is 0 Å². The largest absolute Gasteiger partial charge is 0.316 e. The van der Waals surface area contributed by atoms with E-state index in [1.54, 1.807) is 0 Å². The van der Waals surface area contributed by atoms with Crippen LogP contribution in [0.1, 0.15) is 54.9 Å². The maximum atomic E-state index is 8.55. The predicted molar refractivity (Wildman–Crippen MR) is 83.6 cm³/mol. The first-order valence-corrected chi connectivity index (χ1v) is 8.67. The molecule has 0 aliphatic heterocycles. The lowest BCUT2D eigenvalue weighted by atomic mass is 10.2. The summed E-state index contributed by atoms with van der Waals surface area (Å²) in [5.41, 5.74) is -0.247. The molecule has 1 unspecified atom stereocenters. The van der Waals surface area contributed by atoms with E-state index >= 15 is 0 Å². The molecule has 0 fully saturated rings. The molecule has 0 heterocycles. The molecule has 19 heavy (non-hydrogen) atoms. The van der Waals surface area contributed by atoms with Gasteiger partial charge in [-0.1, -0.05) is 0 Å². The Balaban J connectivity index is 4.68. The molecule has 0 radical (unpaired) electrons. The molecular weight excluding hydrogens is 279 g/mol. The van der Waals surface area contributed by atoms with Crippen molar-refractivity contribution in [2.75, 3.05) is 5.75 Å². The summed E-state index contributed by atoms with van der Waals surface area (Å²) < 4.78 is 14.2. The molecule has 0 saturated heterocycles. The first-order valence-electron chi connectivity index (χ1n) is 6.63.